The van der Waals surface area contributed by atoms with Gasteiger partial charge in [-0.25, -0.2) is 0 Å². The van der Waals surface area contributed by atoms with Crippen LogP contribution in [0.25, 0.3) is 6.08 Å². The highest BCUT2D eigenvalue weighted by Crippen LogP contribution is 2.65. The zero-order valence-electron chi connectivity index (χ0n) is 27.4. The fourth-order valence-electron chi connectivity index (χ4n) is 6.55. The highest BCUT2D eigenvalue weighted by Gasteiger charge is 2.45. The van der Waals surface area contributed by atoms with Crippen molar-refractivity contribution in [2.45, 2.75) is 6.92 Å². The van der Waals surface area contributed by atoms with Gasteiger partial charge in [-0.05, 0) is 24.1 Å². The van der Waals surface area contributed by atoms with Crippen LogP contribution >= 0.6 is 7.71 Å². The summed E-state index contributed by atoms with van der Waals surface area (Å²) in [5.74, 6) is 2.36. The first kappa shape index (κ1) is 33.1. The molecule has 0 aliphatic rings. The molecular formula is C39H47BN3P. The van der Waals surface area contributed by atoms with E-state index in [4.69, 9.17) is 0 Å². The van der Waals surface area contributed by atoms with Crippen molar-refractivity contribution in [2.75, 3.05) is 42.3 Å². The van der Waals surface area contributed by atoms with E-state index in [2.05, 4.69) is 221 Å². The van der Waals surface area contributed by atoms with Crippen LogP contribution in [0.4, 0.5) is 0 Å². The lowest BCUT2D eigenvalue weighted by Crippen LogP contribution is -2.74. The molecule has 0 fully saturated rings. The van der Waals surface area contributed by atoms with Crippen LogP contribution in [0.2, 0.25) is 0 Å². The molecule has 226 valence electrons. The normalized spacial score (nSPS) is 12.0. The average Bonchev–Trinajstić information content (AvgIpc) is 3.04. The molecule has 0 amide bonds. The van der Waals surface area contributed by atoms with Gasteiger partial charge in [-0.3, -0.25) is 0 Å². The standard InChI is InChI=1S/C24H20B.C15H27N3P/c1-5-13-21(14-6-1)25(22-15-7-2-8-16-22,23-17-9-3-10-18-23)24-19-11-4-12-20-24;1-14-10-8-9-11-15(14)12-13-19(16(2)3,17(4)5)18(6)7/h1-20H;8-13H,1-7H3/q-1;+1/b;13-12+. The first-order chi connectivity index (χ1) is 21.2. The van der Waals surface area contributed by atoms with E-state index in [0.29, 0.717) is 0 Å². The summed E-state index contributed by atoms with van der Waals surface area (Å²) in [5.41, 5.74) is 7.96. The lowest BCUT2D eigenvalue weighted by atomic mass is 9.13. The summed E-state index contributed by atoms with van der Waals surface area (Å²) in [4.78, 5) is 0. The molecule has 5 aromatic carbocycles. The monoisotopic (exact) mass is 599 g/mol. The number of benzene rings is 5. The summed E-state index contributed by atoms with van der Waals surface area (Å²) in [5, 5.41) is 0. The van der Waals surface area contributed by atoms with E-state index >= 15 is 0 Å². The molecule has 5 aromatic rings. The van der Waals surface area contributed by atoms with Crippen LogP contribution in [0, 0.1) is 6.92 Å². The maximum absolute atomic E-state index is 2.36. The number of hydrogen-bond acceptors (Lipinski definition) is 3. The third-order valence-electron chi connectivity index (χ3n) is 8.61. The Balaban J connectivity index is 0.000000210. The van der Waals surface area contributed by atoms with Crippen molar-refractivity contribution in [3.05, 3.63) is 163 Å². The molecular weight excluding hydrogens is 552 g/mol. The minimum Gasteiger partial charge on any atom is -0.195 e. The molecule has 44 heavy (non-hydrogen) atoms. The summed E-state index contributed by atoms with van der Waals surface area (Å²) in [7, 11) is 11.3. The van der Waals surface area contributed by atoms with Crippen molar-refractivity contribution < 1.29 is 0 Å². The topological polar surface area (TPSA) is 9.72 Å². The minimum absolute atomic E-state index is 1.22. The summed E-state index contributed by atoms with van der Waals surface area (Å²) in [6.07, 6.45) is 1.04. The van der Waals surface area contributed by atoms with Crippen molar-refractivity contribution >= 4 is 41.8 Å². The molecule has 0 aromatic heterocycles. The van der Waals surface area contributed by atoms with Crippen molar-refractivity contribution in [1.82, 2.24) is 14.0 Å². The number of rotatable bonds is 9. The summed E-state index contributed by atoms with van der Waals surface area (Å²) in [6, 6.07) is 52.0. The van der Waals surface area contributed by atoms with E-state index in [0.717, 1.165) is 0 Å². The summed E-state index contributed by atoms with van der Waals surface area (Å²) in [6.45, 7) is 2.15. The number of aryl methyl sites for hydroxylation is 1. The fourth-order valence-corrected chi connectivity index (χ4v) is 9.86. The third kappa shape index (κ3) is 6.96. The second kappa shape index (κ2) is 15.3. The van der Waals surface area contributed by atoms with Crippen LogP contribution in [0.15, 0.2) is 151 Å². The number of nitrogens with zero attached hydrogens (tertiary/aromatic N) is 3. The molecule has 3 nitrogen and oxygen atoms in total. The SMILES string of the molecule is Cc1ccccc1/C=C/[P+](N(C)C)(N(C)C)N(C)C.c1ccc([B-](c2ccccc2)(c2ccccc2)c2ccccc2)cc1. The van der Waals surface area contributed by atoms with Gasteiger partial charge in [-0.1, -0.05) is 146 Å². The largest absolute Gasteiger partial charge is 0.253 e. The van der Waals surface area contributed by atoms with Crippen molar-refractivity contribution in [3.8, 4) is 0 Å². The molecule has 0 unspecified atom stereocenters. The van der Waals surface area contributed by atoms with Gasteiger partial charge in [-0.2, -0.15) is 35.9 Å². The van der Waals surface area contributed by atoms with Crippen molar-refractivity contribution in [1.29, 1.82) is 0 Å². The predicted molar refractivity (Wildman–Crippen MR) is 198 cm³/mol. The Kier molecular flexibility index (Phi) is 11.5. The van der Waals surface area contributed by atoms with Crippen LogP contribution in [-0.4, -0.2) is 62.4 Å². The van der Waals surface area contributed by atoms with Crippen LogP contribution in [-0.2, 0) is 0 Å². The first-order valence-electron chi connectivity index (χ1n) is 15.3. The Morgan fingerprint density at radius 3 is 1.02 bits per heavy atom. The average molecular weight is 600 g/mol. The molecule has 0 aliphatic carbocycles. The van der Waals surface area contributed by atoms with Crippen LogP contribution in [0.1, 0.15) is 11.1 Å². The van der Waals surface area contributed by atoms with Crippen LogP contribution in [0.5, 0.6) is 0 Å². The number of hydrogen-bond donors (Lipinski definition) is 0. The Morgan fingerprint density at radius 2 is 0.727 bits per heavy atom. The summed E-state index contributed by atoms with van der Waals surface area (Å²) >= 11 is 0. The van der Waals surface area contributed by atoms with E-state index in [9.17, 15) is 0 Å². The Morgan fingerprint density at radius 1 is 0.432 bits per heavy atom. The van der Waals surface area contributed by atoms with Gasteiger partial charge >= 0.3 is 0 Å². The fraction of sp³-hybridized carbons (Fsp3) is 0.179. The lowest BCUT2D eigenvalue weighted by Gasteiger charge is -2.44. The van der Waals surface area contributed by atoms with Gasteiger partial charge in [0.15, 0.2) is 0 Å². The quantitative estimate of drug-likeness (QED) is 0.142. The van der Waals surface area contributed by atoms with Crippen LogP contribution in [0.3, 0.4) is 0 Å². The highest BCUT2D eigenvalue weighted by molar-refractivity contribution is 7.72. The van der Waals surface area contributed by atoms with E-state index in [1.165, 1.54) is 33.0 Å². The zero-order valence-corrected chi connectivity index (χ0v) is 28.3. The molecule has 0 aliphatic heterocycles. The maximum atomic E-state index is 2.36. The van der Waals surface area contributed by atoms with Gasteiger partial charge < -0.3 is 0 Å². The van der Waals surface area contributed by atoms with E-state index in [1.807, 2.05) is 0 Å². The summed E-state index contributed by atoms with van der Waals surface area (Å²) < 4.78 is 6.96. The van der Waals surface area contributed by atoms with Gasteiger partial charge in [0.25, 0.3) is 7.71 Å². The Bertz CT molecular complexity index is 1400. The predicted octanol–water partition coefficient (Wildman–Crippen LogP) is 6.48. The van der Waals surface area contributed by atoms with Gasteiger partial charge in [0.2, 0.25) is 0 Å². The van der Waals surface area contributed by atoms with E-state index < -0.39 is 13.9 Å². The van der Waals surface area contributed by atoms with Gasteiger partial charge in [0, 0.05) is 42.3 Å². The van der Waals surface area contributed by atoms with Gasteiger partial charge in [0.05, 0.1) is 0 Å². The second-order valence-corrected chi connectivity index (χ2v) is 15.8. The third-order valence-corrected chi connectivity index (χ3v) is 12.7. The molecule has 0 spiro atoms. The highest BCUT2D eigenvalue weighted by atomic mass is 31.2. The Hall–Kier alpha value is -3.79. The molecule has 0 saturated heterocycles. The lowest BCUT2D eigenvalue weighted by molar-refractivity contribution is 0.472. The van der Waals surface area contributed by atoms with E-state index in [1.54, 1.807) is 0 Å². The van der Waals surface area contributed by atoms with Gasteiger partial charge in [-0.15, -0.1) is 0 Å². The smallest absolute Gasteiger partial charge is 0.195 e. The Labute approximate surface area is 266 Å². The van der Waals surface area contributed by atoms with Crippen LogP contribution < -0.4 is 21.9 Å². The van der Waals surface area contributed by atoms with E-state index in [-0.39, 0.29) is 0 Å². The molecule has 0 heterocycles. The molecule has 0 radical (unpaired) electrons. The molecule has 5 rings (SSSR count). The molecule has 0 atom stereocenters. The second-order valence-electron chi connectivity index (χ2n) is 11.8. The first-order valence-corrected chi connectivity index (χ1v) is 17.0. The van der Waals surface area contributed by atoms with Crippen molar-refractivity contribution in [2.24, 2.45) is 0 Å². The van der Waals surface area contributed by atoms with Gasteiger partial charge in [0.1, 0.15) is 12.0 Å². The molecule has 5 heteroatoms. The van der Waals surface area contributed by atoms with Crippen molar-refractivity contribution in [3.63, 3.8) is 0 Å². The maximum Gasteiger partial charge on any atom is 0.253 e. The minimum atomic E-state index is -1.58. The molecule has 0 bridgehead atoms. The molecule has 0 N–H and O–H groups in total. The molecule has 0 saturated carbocycles. The zero-order chi connectivity index (χ0) is 31.6.